The van der Waals surface area contributed by atoms with E-state index in [-0.39, 0.29) is 5.38 Å². The van der Waals surface area contributed by atoms with E-state index in [0.717, 1.165) is 18.6 Å². The molecule has 1 aromatic rings. The van der Waals surface area contributed by atoms with Crippen molar-refractivity contribution in [1.82, 2.24) is 0 Å². The first kappa shape index (κ1) is 14.4. The Labute approximate surface area is 110 Å². The molecule has 96 valence electrons. The Morgan fingerprint density at radius 3 is 2.41 bits per heavy atom. The molecule has 17 heavy (non-hydrogen) atoms. The maximum absolute atomic E-state index is 6.29. The van der Waals surface area contributed by atoms with Gasteiger partial charge in [0.25, 0.3) is 0 Å². The van der Waals surface area contributed by atoms with Crippen molar-refractivity contribution in [2.24, 2.45) is 5.92 Å². The molecule has 0 aliphatic carbocycles. The predicted octanol–water partition coefficient (Wildman–Crippen LogP) is 4.51. The van der Waals surface area contributed by atoms with Crippen LogP contribution in [-0.4, -0.2) is 12.5 Å². The van der Waals surface area contributed by atoms with E-state index >= 15 is 0 Å². The number of alkyl halides is 1. The van der Waals surface area contributed by atoms with Gasteiger partial charge in [0.05, 0.1) is 7.11 Å². The molecule has 1 rings (SSSR count). The first-order valence-electron chi connectivity index (χ1n) is 6.24. The topological polar surface area (TPSA) is 9.23 Å². The average molecular weight is 255 g/mol. The highest BCUT2D eigenvalue weighted by Crippen LogP contribution is 2.28. The zero-order valence-electron chi connectivity index (χ0n) is 11.5. The van der Waals surface area contributed by atoms with Crippen molar-refractivity contribution in [2.45, 2.75) is 45.9 Å². The van der Waals surface area contributed by atoms with Gasteiger partial charge in [-0.25, -0.2) is 0 Å². The molecule has 0 radical (unpaired) electrons. The van der Waals surface area contributed by atoms with Gasteiger partial charge in [-0.1, -0.05) is 26.0 Å². The number of halogens is 1. The summed E-state index contributed by atoms with van der Waals surface area (Å²) in [5.41, 5.74) is 3.78. The standard InChI is InChI=1S/C15H23ClO/c1-10(2)14(16)9-8-13-7-6-11(3)12(4)15(13)17-5/h6-7,10,14H,8-9H2,1-5H3. The van der Waals surface area contributed by atoms with Crippen molar-refractivity contribution in [2.75, 3.05) is 7.11 Å². The van der Waals surface area contributed by atoms with E-state index in [2.05, 4.69) is 39.8 Å². The summed E-state index contributed by atoms with van der Waals surface area (Å²) in [6.45, 7) is 8.54. The van der Waals surface area contributed by atoms with Crippen LogP contribution in [0.3, 0.4) is 0 Å². The summed E-state index contributed by atoms with van der Waals surface area (Å²) in [6.07, 6.45) is 1.98. The van der Waals surface area contributed by atoms with Crippen LogP contribution in [0.5, 0.6) is 5.75 Å². The van der Waals surface area contributed by atoms with Crippen LogP contribution in [0, 0.1) is 19.8 Å². The summed E-state index contributed by atoms with van der Waals surface area (Å²) >= 11 is 6.29. The molecule has 0 saturated carbocycles. The van der Waals surface area contributed by atoms with Crippen LogP contribution in [0.25, 0.3) is 0 Å². The largest absolute Gasteiger partial charge is 0.496 e. The third kappa shape index (κ3) is 3.64. The summed E-state index contributed by atoms with van der Waals surface area (Å²) in [4.78, 5) is 0. The van der Waals surface area contributed by atoms with Crippen LogP contribution in [0.2, 0.25) is 0 Å². The minimum absolute atomic E-state index is 0.237. The molecule has 1 unspecified atom stereocenters. The van der Waals surface area contributed by atoms with Crippen molar-refractivity contribution in [3.63, 3.8) is 0 Å². The van der Waals surface area contributed by atoms with Gasteiger partial charge in [-0.2, -0.15) is 0 Å². The van der Waals surface area contributed by atoms with E-state index in [4.69, 9.17) is 16.3 Å². The Morgan fingerprint density at radius 2 is 1.88 bits per heavy atom. The fourth-order valence-electron chi connectivity index (χ4n) is 1.95. The van der Waals surface area contributed by atoms with Gasteiger partial charge in [0.2, 0.25) is 0 Å². The number of ether oxygens (including phenoxy) is 1. The molecule has 0 aliphatic rings. The molecular weight excluding hydrogens is 232 g/mol. The molecule has 0 aliphatic heterocycles. The third-order valence-electron chi connectivity index (χ3n) is 3.38. The lowest BCUT2D eigenvalue weighted by Gasteiger charge is -2.16. The fraction of sp³-hybridized carbons (Fsp3) is 0.600. The molecule has 1 atom stereocenters. The smallest absolute Gasteiger partial charge is 0.125 e. The molecule has 2 heteroatoms. The first-order chi connectivity index (χ1) is 7.97. The predicted molar refractivity (Wildman–Crippen MR) is 75.3 cm³/mol. The Morgan fingerprint density at radius 1 is 1.24 bits per heavy atom. The Balaban J connectivity index is 2.81. The molecule has 0 amide bonds. The highest BCUT2D eigenvalue weighted by Gasteiger charge is 2.13. The second kappa shape index (κ2) is 6.30. The second-order valence-corrected chi connectivity index (χ2v) is 5.56. The summed E-state index contributed by atoms with van der Waals surface area (Å²) in [7, 11) is 1.74. The van der Waals surface area contributed by atoms with E-state index < -0.39 is 0 Å². The van der Waals surface area contributed by atoms with E-state index in [0.29, 0.717) is 5.92 Å². The number of hydrogen-bond acceptors (Lipinski definition) is 1. The van der Waals surface area contributed by atoms with Crippen molar-refractivity contribution in [1.29, 1.82) is 0 Å². The Hall–Kier alpha value is -0.690. The first-order valence-corrected chi connectivity index (χ1v) is 6.68. The second-order valence-electron chi connectivity index (χ2n) is 5.00. The molecule has 0 fully saturated rings. The number of hydrogen-bond donors (Lipinski definition) is 0. The van der Waals surface area contributed by atoms with Gasteiger partial charge in [-0.05, 0) is 49.3 Å². The highest BCUT2D eigenvalue weighted by atomic mass is 35.5. The van der Waals surface area contributed by atoms with Gasteiger partial charge in [0.15, 0.2) is 0 Å². The minimum atomic E-state index is 0.237. The van der Waals surface area contributed by atoms with Crippen LogP contribution >= 0.6 is 11.6 Å². The van der Waals surface area contributed by atoms with Crippen LogP contribution in [0.1, 0.15) is 37.0 Å². The SMILES string of the molecule is COc1c(CCC(Cl)C(C)C)ccc(C)c1C. The van der Waals surface area contributed by atoms with Gasteiger partial charge in [-0.3, -0.25) is 0 Å². The summed E-state index contributed by atoms with van der Waals surface area (Å²) in [5.74, 6) is 1.55. The normalized spacial score (nSPS) is 12.9. The minimum Gasteiger partial charge on any atom is -0.496 e. The van der Waals surface area contributed by atoms with Crippen LogP contribution < -0.4 is 4.74 Å². The third-order valence-corrected chi connectivity index (χ3v) is 4.10. The Kier molecular flexibility index (Phi) is 5.32. The molecule has 1 aromatic carbocycles. The lowest BCUT2D eigenvalue weighted by molar-refractivity contribution is 0.404. The van der Waals surface area contributed by atoms with E-state index in [1.165, 1.54) is 16.7 Å². The van der Waals surface area contributed by atoms with Gasteiger partial charge < -0.3 is 4.74 Å². The molecular formula is C15H23ClO. The number of aryl methyl sites for hydroxylation is 2. The van der Waals surface area contributed by atoms with Crippen molar-refractivity contribution < 1.29 is 4.74 Å². The quantitative estimate of drug-likeness (QED) is 0.703. The van der Waals surface area contributed by atoms with Crippen LogP contribution in [0.4, 0.5) is 0 Å². The lowest BCUT2D eigenvalue weighted by Crippen LogP contribution is -2.09. The molecule has 0 saturated heterocycles. The number of rotatable bonds is 5. The number of methoxy groups -OCH3 is 1. The van der Waals surface area contributed by atoms with Crippen molar-refractivity contribution >= 4 is 11.6 Å². The summed E-state index contributed by atoms with van der Waals surface area (Å²) in [6, 6.07) is 4.32. The van der Waals surface area contributed by atoms with Gasteiger partial charge in [-0.15, -0.1) is 11.6 Å². The van der Waals surface area contributed by atoms with Crippen LogP contribution in [-0.2, 0) is 6.42 Å². The van der Waals surface area contributed by atoms with Crippen molar-refractivity contribution in [3.8, 4) is 5.75 Å². The van der Waals surface area contributed by atoms with E-state index in [9.17, 15) is 0 Å². The maximum atomic E-state index is 6.29. The van der Waals surface area contributed by atoms with Gasteiger partial charge in [0, 0.05) is 5.38 Å². The fourth-order valence-corrected chi connectivity index (χ4v) is 2.06. The molecule has 0 aromatic heterocycles. The zero-order chi connectivity index (χ0) is 13.0. The van der Waals surface area contributed by atoms with Crippen LogP contribution in [0.15, 0.2) is 12.1 Å². The van der Waals surface area contributed by atoms with E-state index in [1.54, 1.807) is 7.11 Å². The number of benzene rings is 1. The molecule has 0 spiro atoms. The average Bonchev–Trinajstić information content (AvgIpc) is 2.30. The monoisotopic (exact) mass is 254 g/mol. The van der Waals surface area contributed by atoms with E-state index in [1.807, 2.05) is 0 Å². The van der Waals surface area contributed by atoms with Gasteiger partial charge in [0.1, 0.15) is 5.75 Å². The molecule has 0 N–H and O–H groups in total. The zero-order valence-corrected chi connectivity index (χ0v) is 12.3. The lowest BCUT2D eigenvalue weighted by atomic mass is 9.98. The summed E-state index contributed by atoms with van der Waals surface area (Å²) in [5, 5.41) is 0.237. The maximum Gasteiger partial charge on any atom is 0.125 e. The summed E-state index contributed by atoms with van der Waals surface area (Å²) < 4.78 is 5.51. The molecule has 1 nitrogen and oxygen atoms in total. The molecule has 0 heterocycles. The Bertz CT molecular complexity index is 371. The van der Waals surface area contributed by atoms with Gasteiger partial charge >= 0.3 is 0 Å². The van der Waals surface area contributed by atoms with Crippen molar-refractivity contribution in [3.05, 3.63) is 28.8 Å². The highest BCUT2D eigenvalue weighted by molar-refractivity contribution is 6.20. The molecule has 0 bridgehead atoms.